The molecule has 0 atom stereocenters. The van der Waals surface area contributed by atoms with E-state index in [4.69, 9.17) is 5.11 Å². The van der Waals surface area contributed by atoms with Gasteiger partial charge in [-0.05, 0) is 12.1 Å². The van der Waals surface area contributed by atoms with Gasteiger partial charge in [-0.15, -0.1) is 11.3 Å². The van der Waals surface area contributed by atoms with Gasteiger partial charge in [0, 0.05) is 6.42 Å². The third-order valence-electron chi connectivity index (χ3n) is 1.74. The van der Waals surface area contributed by atoms with Gasteiger partial charge >= 0.3 is 5.97 Å². The number of thiophene rings is 1. The molecule has 3 nitrogen and oxygen atoms in total. The van der Waals surface area contributed by atoms with Gasteiger partial charge in [-0.25, -0.2) is 0 Å². The van der Waals surface area contributed by atoms with Crippen molar-refractivity contribution in [1.29, 1.82) is 0 Å². The minimum Gasteiger partial charge on any atom is -0.481 e. The lowest BCUT2D eigenvalue weighted by Crippen LogP contribution is -2.01. The van der Waals surface area contributed by atoms with Crippen molar-refractivity contribution >= 4 is 35.7 Å². The summed E-state index contributed by atoms with van der Waals surface area (Å²) in [7, 11) is 0. The zero-order valence-corrected chi connectivity index (χ0v) is 10.1. The lowest BCUT2D eigenvalue weighted by molar-refractivity contribution is -0.136. The first-order valence-electron chi connectivity index (χ1n) is 4.58. The van der Waals surface area contributed by atoms with Gasteiger partial charge in [0.2, 0.25) is 0 Å². The first-order valence-corrected chi connectivity index (χ1v) is 6.03. The largest absolute Gasteiger partial charge is 0.481 e. The number of carboxylic acid groups (broad SMARTS) is 1. The van der Waals surface area contributed by atoms with Gasteiger partial charge in [-0.2, -0.15) is 12.6 Å². The number of hydrogen-bond donors (Lipinski definition) is 2. The van der Waals surface area contributed by atoms with E-state index in [1.807, 2.05) is 0 Å². The van der Waals surface area contributed by atoms with Crippen LogP contribution in [0.4, 0.5) is 0 Å². The molecule has 84 valence electrons. The monoisotopic (exact) mass is 254 g/mol. The van der Waals surface area contributed by atoms with Crippen molar-refractivity contribution in [1.82, 2.24) is 0 Å². The van der Waals surface area contributed by atoms with Crippen LogP contribution < -0.4 is 0 Å². The van der Waals surface area contributed by atoms with Gasteiger partial charge in [-0.1, -0.05) is 11.8 Å². The summed E-state index contributed by atoms with van der Waals surface area (Å²) in [6.45, 7) is 0. The summed E-state index contributed by atoms with van der Waals surface area (Å²) in [5.41, 5.74) is 0. The molecular weight excluding hydrogens is 244 g/mol. The Morgan fingerprint density at radius 1 is 1.38 bits per heavy atom. The van der Waals surface area contributed by atoms with E-state index in [1.54, 1.807) is 12.1 Å². The maximum atomic E-state index is 11.5. The molecule has 0 fully saturated rings. The van der Waals surface area contributed by atoms with Crippen molar-refractivity contribution in [3.8, 4) is 11.8 Å². The highest BCUT2D eigenvalue weighted by atomic mass is 32.1. The standard InChI is InChI=1S/C11H10O3S2/c12-9(4-6-11(13)14)10-5-3-8(16-10)2-1-7-15/h3,5,15H,4,6-7H2,(H,13,14). The zero-order chi connectivity index (χ0) is 12.0. The van der Waals surface area contributed by atoms with Crippen molar-refractivity contribution in [2.75, 3.05) is 5.75 Å². The number of hydrogen-bond acceptors (Lipinski definition) is 4. The topological polar surface area (TPSA) is 54.4 Å². The van der Waals surface area contributed by atoms with Crippen molar-refractivity contribution < 1.29 is 14.7 Å². The predicted molar refractivity (Wildman–Crippen MR) is 66.3 cm³/mol. The van der Waals surface area contributed by atoms with E-state index in [0.29, 0.717) is 10.6 Å². The summed E-state index contributed by atoms with van der Waals surface area (Å²) in [6.07, 6.45) is -0.0936. The minimum atomic E-state index is -0.958. The summed E-state index contributed by atoms with van der Waals surface area (Å²) >= 11 is 5.24. The Morgan fingerprint density at radius 3 is 2.75 bits per heavy atom. The van der Waals surface area contributed by atoms with Crippen molar-refractivity contribution in [3.05, 3.63) is 21.9 Å². The van der Waals surface area contributed by atoms with E-state index < -0.39 is 5.97 Å². The normalized spacial score (nSPS) is 9.31. The van der Waals surface area contributed by atoms with Gasteiger partial charge in [0.05, 0.1) is 21.9 Å². The highest BCUT2D eigenvalue weighted by Crippen LogP contribution is 2.17. The van der Waals surface area contributed by atoms with Gasteiger partial charge in [0.25, 0.3) is 0 Å². The third kappa shape index (κ3) is 4.09. The average Bonchev–Trinajstić information content (AvgIpc) is 2.71. The summed E-state index contributed by atoms with van der Waals surface area (Å²) < 4.78 is 0. The van der Waals surface area contributed by atoms with Crippen LogP contribution in [0.5, 0.6) is 0 Å². The molecule has 16 heavy (non-hydrogen) atoms. The molecular formula is C11H10O3S2. The van der Waals surface area contributed by atoms with Crippen LogP contribution in [0, 0.1) is 11.8 Å². The molecule has 1 N–H and O–H groups in total. The molecule has 1 rings (SSSR count). The highest BCUT2D eigenvalue weighted by molar-refractivity contribution is 7.80. The van der Waals surface area contributed by atoms with E-state index in [-0.39, 0.29) is 18.6 Å². The van der Waals surface area contributed by atoms with Gasteiger partial charge in [0.1, 0.15) is 0 Å². The number of carbonyl (C=O) groups excluding carboxylic acids is 1. The highest BCUT2D eigenvalue weighted by Gasteiger charge is 2.10. The summed E-state index contributed by atoms with van der Waals surface area (Å²) in [4.78, 5) is 23.2. The van der Waals surface area contributed by atoms with Crippen LogP contribution in [0.1, 0.15) is 27.4 Å². The van der Waals surface area contributed by atoms with E-state index in [0.717, 1.165) is 4.88 Å². The molecule has 0 bridgehead atoms. The Morgan fingerprint density at radius 2 is 2.12 bits per heavy atom. The van der Waals surface area contributed by atoms with Crippen LogP contribution in [0.15, 0.2) is 12.1 Å². The second-order valence-electron chi connectivity index (χ2n) is 2.94. The summed E-state index contributed by atoms with van der Waals surface area (Å²) in [6, 6.07) is 3.44. The molecule has 0 saturated heterocycles. The molecule has 0 aliphatic carbocycles. The molecule has 0 unspecified atom stereocenters. The van der Waals surface area contributed by atoms with E-state index >= 15 is 0 Å². The van der Waals surface area contributed by atoms with Crippen LogP contribution in [-0.4, -0.2) is 22.6 Å². The van der Waals surface area contributed by atoms with Crippen molar-refractivity contribution in [2.24, 2.45) is 0 Å². The van der Waals surface area contributed by atoms with E-state index in [2.05, 4.69) is 24.5 Å². The minimum absolute atomic E-state index is 0.0370. The lowest BCUT2D eigenvalue weighted by atomic mass is 10.2. The molecule has 0 aliphatic heterocycles. The van der Waals surface area contributed by atoms with Gasteiger partial charge in [0.15, 0.2) is 5.78 Å². The van der Waals surface area contributed by atoms with Crippen molar-refractivity contribution in [3.63, 3.8) is 0 Å². The number of ketones is 1. The Balaban J connectivity index is 2.63. The number of carbonyl (C=O) groups is 2. The number of rotatable bonds is 4. The fourth-order valence-electron chi connectivity index (χ4n) is 1.03. The Bertz CT molecular complexity index is 451. The molecule has 0 saturated carbocycles. The second kappa shape index (κ2) is 6.36. The van der Waals surface area contributed by atoms with Crippen molar-refractivity contribution in [2.45, 2.75) is 12.8 Å². The van der Waals surface area contributed by atoms with Gasteiger partial charge in [-0.3, -0.25) is 9.59 Å². The molecule has 1 heterocycles. The SMILES string of the molecule is O=C(O)CCC(=O)c1ccc(C#CCS)s1. The molecule has 0 aliphatic rings. The maximum Gasteiger partial charge on any atom is 0.303 e. The summed E-state index contributed by atoms with van der Waals surface area (Å²) in [5.74, 6) is 5.01. The smallest absolute Gasteiger partial charge is 0.303 e. The molecule has 1 aromatic heterocycles. The van der Waals surface area contributed by atoms with Gasteiger partial charge < -0.3 is 5.11 Å². The average molecular weight is 254 g/mol. The van der Waals surface area contributed by atoms with Crippen LogP contribution in [0.25, 0.3) is 0 Å². The second-order valence-corrected chi connectivity index (χ2v) is 4.34. The fraction of sp³-hybridized carbons (Fsp3) is 0.273. The Kier molecular flexibility index (Phi) is 5.09. The number of carboxylic acids is 1. The third-order valence-corrected chi connectivity index (χ3v) is 2.94. The fourth-order valence-corrected chi connectivity index (χ4v) is 1.95. The quantitative estimate of drug-likeness (QED) is 0.491. The summed E-state index contributed by atoms with van der Waals surface area (Å²) in [5, 5.41) is 8.45. The molecule has 0 aromatic carbocycles. The Labute approximate surface area is 103 Å². The van der Waals surface area contributed by atoms with Crippen LogP contribution in [0.3, 0.4) is 0 Å². The lowest BCUT2D eigenvalue weighted by Gasteiger charge is -1.93. The molecule has 0 amide bonds. The maximum absolute atomic E-state index is 11.5. The number of Topliss-reactive ketones (excluding diaryl/α,β-unsaturated/α-hetero) is 1. The predicted octanol–water partition coefficient (Wildman–Crippen LogP) is 2.08. The van der Waals surface area contributed by atoms with Crippen LogP contribution in [0.2, 0.25) is 0 Å². The molecule has 0 spiro atoms. The first kappa shape index (κ1) is 12.8. The zero-order valence-electron chi connectivity index (χ0n) is 8.40. The molecule has 0 radical (unpaired) electrons. The first-order chi connectivity index (χ1) is 7.63. The molecule has 5 heteroatoms. The van der Waals surface area contributed by atoms with E-state index in [1.165, 1.54) is 11.3 Å². The Hall–Kier alpha value is -1.25. The van der Waals surface area contributed by atoms with E-state index in [9.17, 15) is 9.59 Å². The number of thiol groups is 1. The van der Waals surface area contributed by atoms with Crippen LogP contribution >= 0.6 is 24.0 Å². The van der Waals surface area contributed by atoms with Crippen LogP contribution in [-0.2, 0) is 4.79 Å². The number of aliphatic carboxylic acids is 1. The molecule has 1 aromatic rings.